The number of thioether (sulfide) groups is 1. The van der Waals surface area contributed by atoms with Crippen molar-refractivity contribution in [3.63, 3.8) is 0 Å². The average molecular weight is 315 g/mol. The molecule has 2 rings (SSSR count). The summed E-state index contributed by atoms with van der Waals surface area (Å²) in [7, 11) is 0. The highest BCUT2D eigenvalue weighted by molar-refractivity contribution is 8.01. The highest BCUT2D eigenvalue weighted by atomic mass is 32.2. The minimum absolute atomic E-state index is 0.0557. The number of nitrogens with zero attached hydrogens (tertiary/aromatic N) is 1. The summed E-state index contributed by atoms with van der Waals surface area (Å²) in [6.45, 7) is 10.3. The maximum atomic E-state index is 10.8. The minimum Gasteiger partial charge on any atom is -0.481 e. The molecule has 0 amide bonds. The second-order valence-corrected chi connectivity index (χ2v) is 8.87. The van der Waals surface area contributed by atoms with Crippen LogP contribution in [-0.2, 0) is 16.0 Å². The van der Waals surface area contributed by atoms with Gasteiger partial charge in [-0.05, 0) is 41.0 Å². The zero-order chi connectivity index (χ0) is 15.1. The molecule has 1 atom stereocenters. The van der Waals surface area contributed by atoms with Gasteiger partial charge < -0.3 is 9.84 Å². The maximum Gasteiger partial charge on any atom is 0.308 e. The molecule has 1 saturated heterocycles. The number of carbonyl (C=O) groups is 1. The van der Waals surface area contributed by atoms with Crippen LogP contribution in [0.3, 0.4) is 0 Å². The van der Waals surface area contributed by atoms with Crippen LogP contribution in [0.4, 0.5) is 0 Å². The third-order valence-electron chi connectivity index (χ3n) is 3.42. The molecule has 0 saturated carbocycles. The van der Waals surface area contributed by atoms with Crippen LogP contribution in [0.2, 0.25) is 0 Å². The first-order chi connectivity index (χ1) is 9.09. The lowest BCUT2D eigenvalue weighted by atomic mass is 10.0. The molecule has 1 fully saturated rings. The molecule has 0 bridgehead atoms. The molecule has 1 aromatic rings. The Kier molecular flexibility index (Phi) is 4.19. The van der Waals surface area contributed by atoms with Crippen molar-refractivity contribution in [1.82, 2.24) is 4.98 Å². The molecule has 0 aliphatic carbocycles. The topological polar surface area (TPSA) is 59.4 Å². The highest BCUT2D eigenvalue weighted by Gasteiger charge is 2.46. The van der Waals surface area contributed by atoms with Gasteiger partial charge in [-0.15, -0.1) is 11.3 Å². The highest BCUT2D eigenvalue weighted by Crippen LogP contribution is 2.47. The molecular formula is C14H21NO3S2. The van der Waals surface area contributed by atoms with E-state index in [2.05, 4.69) is 32.7 Å². The van der Waals surface area contributed by atoms with E-state index in [0.717, 1.165) is 21.3 Å². The Bertz CT molecular complexity index is 522. The van der Waals surface area contributed by atoms with E-state index in [4.69, 9.17) is 9.84 Å². The van der Waals surface area contributed by atoms with Gasteiger partial charge in [-0.2, -0.15) is 0 Å². The number of ether oxygens (including phenoxy) is 1. The van der Waals surface area contributed by atoms with Crippen LogP contribution in [0.1, 0.15) is 44.7 Å². The Balaban J connectivity index is 2.13. The van der Waals surface area contributed by atoms with E-state index < -0.39 is 5.97 Å². The van der Waals surface area contributed by atoms with Crippen LogP contribution >= 0.6 is 23.1 Å². The first-order valence-corrected chi connectivity index (χ1v) is 8.34. The van der Waals surface area contributed by atoms with Crippen molar-refractivity contribution in [2.24, 2.45) is 0 Å². The Morgan fingerprint density at radius 1 is 1.50 bits per heavy atom. The van der Waals surface area contributed by atoms with Gasteiger partial charge in [-0.1, -0.05) is 11.8 Å². The van der Waals surface area contributed by atoms with Gasteiger partial charge >= 0.3 is 5.97 Å². The summed E-state index contributed by atoms with van der Waals surface area (Å²) in [5.41, 5.74) is 0.522. The van der Waals surface area contributed by atoms with Crippen molar-refractivity contribution in [2.45, 2.75) is 68.3 Å². The van der Waals surface area contributed by atoms with Gasteiger partial charge in [-0.3, -0.25) is 4.79 Å². The number of carboxylic acid groups (broad SMARTS) is 1. The Morgan fingerprint density at radius 3 is 2.65 bits per heavy atom. The van der Waals surface area contributed by atoms with E-state index >= 15 is 0 Å². The molecule has 6 heteroatoms. The Morgan fingerprint density at radius 2 is 2.15 bits per heavy atom. The van der Waals surface area contributed by atoms with Gasteiger partial charge in [0.15, 0.2) is 4.34 Å². The maximum absolute atomic E-state index is 10.8. The molecule has 4 nitrogen and oxygen atoms in total. The number of hydrogen-bond donors (Lipinski definition) is 1. The predicted molar refractivity (Wildman–Crippen MR) is 81.7 cm³/mol. The SMILES string of the molecule is Cc1nc(SC2CC(C)(C)OC2(C)C)sc1CC(=O)O. The summed E-state index contributed by atoms with van der Waals surface area (Å²) in [5.74, 6) is -0.807. The van der Waals surface area contributed by atoms with Crippen molar-refractivity contribution < 1.29 is 14.6 Å². The van der Waals surface area contributed by atoms with E-state index in [9.17, 15) is 4.79 Å². The van der Waals surface area contributed by atoms with Crippen LogP contribution in [0.15, 0.2) is 4.34 Å². The van der Waals surface area contributed by atoms with E-state index in [1.807, 2.05) is 6.92 Å². The van der Waals surface area contributed by atoms with Gasteiger partial charge in [0, 0.05) is 10.1 Å². The average Bonchev–Trinajstić information content (AvgIpc) is 2.64. The summed E-state index contributed by atoms with van der Waals surface area (Å²) >= 11 is 3.20. The zero-order valence-corrected chi connectivity index (χ0v) is 14.2. The van der Waals surface area contributed by atoms with Crippen LogP contribution in [0, 0.1) is 6.92 Å². The van der Waals surface area contributed by atoms with E-state index in [1.54, 1.807) is 11.8 Å². The summed E-state index contributed by atoms with van der Waals surface area (Å²) in [5, 5.41) is 9.22. The summed E-state index contributed by atoms with van der Waals surface area (Å²) in [6.07, 6.45) is 1.03. The first kappa shape index (κ1) is 15.8. The van der Waals surface area contributed by atoms with E-state index in [-0.39, 0.29) is 17.6 Å². The van der Waals surface area contributed by atoms with Crippen molar-refractivity contribution in [1.29, 1.82) is 0 Å². The normalized spacial score (nSPS) is 23.9. The van der Waals surface area contributed by atoms with Crippen molar-refractivity contribution in [2.75, 3.05) is 0 Å². The second kappa shape index (κ2) is 5.31. The van der Waals surface area contributed by atoms with Crippen molar-refractivity contribution >= 4 is 29.1 Å². The fourth-order valence-corrected chi connectivity index (χ4v) is 5.44. The lowest BCUT2D eigenvalue weighted by Gasteiger charge is -2.26. The third kappa shape index (κ3) is 3.54. The van der Waals surface area contributed by atoms with Gasteiger partial charge in [0.05, 0.1) is 23.3 Å². The predicted octanol–water partition coefficient (Wildman–Crippen LogP) is 3.52. The fraction of sp³-hybridized carbons (Fsp3) is 0.714. The largest absolute Gasteiger partial charge is 0.481 e. The van der Waals surface area contributed by atoms with Gasteiger partial charge in [0.2, 0.25) is 0 Å². The van der Waals surface area contributed by atoms with Crippen LogP contribution < -0.4 is 0 Å². The number of hydrogen-bond acceptors (Lipinski definition) is 5. The summed E-state index contributed by atoms with van der Waals surface area (Å²) in [4.78, 5) is 16.2. The molecule has 2 heterocycles. The van der Waals surface area contributed by atoms with Gasteiger partial charge in [-0.25, -0.2) is 4.98 Å². The molecule has 1 aliphatic rings. The lowest BCUT2D eigenvalue weighted by Crippen LogP contribution is -2.30. The molecule has 1 N–H and O–H groups in total. The van der Waals surface area contributed by atoms with E-state index in [1.165, 1.54) is 11.3 Å². The van der Waals surface area contributed by atoms with E-state index in [0.29, 0.717) is 5.25 Å². The monoisotopic (exact) mass is 315 g/mol. The number of aryl methyl sites for hydroxylation is 1. The third-order valence-corrected chi connectivity index (χ3v) is 6.22. The van der Waals surface area contributed by atoms with Gasteiger partial charge in [0.25, 0.3) is 0 Å². The molecule has 112 valence electrons. The Hall–Kier alpha value is -0.590. The van der Waals surface area contributed by atoms with Crippen molar-refractivity contribution in [3.05, 3.63) is 10.6 Å². The number of thiazole rings is 1. The molecule has 20 heavy (non-hydrogen) atoms. The van der Waals surface area contributed by atoms with Gasteiger partial charge in [0.1, 0.15) is 0 Å². The molecule has 0 aromatic carbocycles. The molecule has 1 unspecified atom stereocenters. The second-order valence-electron chi connectivity index (χ2n) is 6.33. The Labute approximate surface area is 127 Å². The summed E-state index contributed by atoms with van der Waals surface area (Å²) in [6, 6.07) is 0. The number of aromatic nitrogens is 1. The van der Waals surface area contributed by atoms with Crippen LogP contribution in [-0.4, -0.2) is 32.5 Å². The standard InChI is InChI=1S/C14H21NO3S2/c1-8-9(6-11(16)17)19-12(15-8)20-10-7-13(2,3)18-14(10,4)5/h10H,6-7H2,1-5H3,(H,16,17). The fourth-order valence-electron chi connectivity index (χ4n) is 2.57. The minimum atomic E-state index is -0.807. The quantitative estimate of drug-likeness (QED) is 0.921. The molecule has 1 aliphatic heterocycles. The number of carboxylic acids is 1. The van der Waals surface area contributed by atoms with Crippen LogP contribution in [0.5, 0.6) is 0 Å². The molecule has 0 spiro atoms. The molecule has 1 aromatic heterocycles. The number of rotatable bonds is 4. The van der Waals surface area contributed by atoms with Crippen LogP contribution in [0.25, 0.3) is 0 Å². The smallest absolute Gasteiger partial charge is 0.308 e. The first-order valence-electron chi connectivity index (χ1n) is 6.64. The lowest BCUT2D eigenvalue weighted by molar-refractivity contribution is -0.136. The molecule has 0 radical (unpaired) electrons. The summed E-state index contributed by atoms with van der Waals surface area (Å²) < 4.78 is 7.03. The van der Waals surface area contributed by atoms with Crippen molar-refractivity contribution in [3.8, 4) is 0 Å². The zero-order valence-electron chi connectivity index (χ0n) is 12.5. The molecular weight excluding hydrogens is 294 g/mol. The number of aliphatic carboxylic acids is 1.